The molecule has 2 amide bonds. The first kappa shape index (κ1) is 23.0. The number of carbonyl (C=O) groups excluding carboxylic acids is 1. The molecule has 1 aliphatic rings. The van der Waals surface area contributed by atoms with Crippen LogP contribution in [0.4, 0.5) is 16.4 Å². The highest BCUT2D eigenvalue weighted by Crippen LogP contribution is 2.21. The molecule has 33 heavy (non-hydrogen) atoms. The summed E-state index contributed by atoms with van der Waals surface area (Å²) in [6.45, 7) is -0.274. The van der Waals surface area contributed by atoms with Gasteiger partial charge in [-0.25, -0.2) is 14.5 Å². The van der Waals surface area contributed by atoms with Gasteiger partial charge in [-0.3, -0.25) is 0 Å². The number of aliphatic hydroxyl groups is 2. The van der Waals surface area contributed by atoms with Crippen molar-refractivity contribution in [2.24, 2.45) is 0 Å². The molecule has 0 radical (unpaired) electrons. The third-order valence-corrected chi connectivity index (χ3v) is 5.72. The second-order valence-corrected chi connectivity index (χ2v) is 8.39. The van der Waals surface area contributed by atoms with Gasteiger partial charge in [-0.1, -0.05) is 23.7 Å². The number of carbonyl (C=O) groups is 1. The van der Waals surface area contributed by atoms with Gasteiger partial charge < -0.3 is 26.2 Å². The van der Waals surface area contributed by atoms with Crippen molar-refractivity contribution in [1.29, 1.82) is 0 Å². The monoisotopic (exact) mass is 471 g/mol. The lowest BCUT2D eigenvalue weighted by Crippen LogP contribution is -2.34. The number of nitrogens with zero attached hydrogens (tertiary/aromatic N) is 4. The number of hydrogen-bond acceptors (Lipinski definition) is 7. The Morgan fingerprint density at radius 2 is 2.06 bits per heavy atom. The minimum Gasteiger partial charge on any atom is -0.394 e. The van der Waals surface area contributed by atoms with Crippen molar-refractivity contribution in [3.05, 3.63) is 59.5 Å². The molecule has 10 nitrogen and oxygen atoms in total. The van der Waals surface area contributed by atoms with Crippen LogP contribution in [-0.2, 0) is 0 Å². The lowest BCUT2D eigenvalue weighted by atomic mass is 9.93. The standard InChI is InChI=1S/C22H26ClN7O3/c23-15-3-1-2-14(10-15)19(13-31)28-22(33)27-17-11-25-30(12-17)20-8-9-24-21(29-20)26-16-4-6-18(32)7-5-16/h1-3,8-12,16,18-19,31-32H,4-7,13H2,(H,24,26,29)(H2,27,28,33)/t16-,18-,19-/m1/s1. The van der Waals surface area contributed by atoms with Crippen LogP contribution in [0, 0.1) is 0 Å². The highest BCUT2D eigenvalue weighted by molar-refractivity contribution is 6.30. The fraction of sp³-hybridized carbons (Fsp3) is 0.364. The molecule has 174 valence electrons. The summed E-state index contributed by atoms with van der Waals surface area (Å²) in [6, 6.07) is 7.80. The summed E-state index contributed by atoms with van der Waals surface area (Å²) in [4.78, 5) is 21.2. The van der Waals surface area contributed by atoms with Crippen LogP contribution in [0.3, 0.4) is 0 Å². The van der Waals surface area contributed by atoms with Gasteiger partial charge in [0.1, 0.15) is 0 Å². The maximum atomic E-state index is 12.4. The molecule has 0 spiro atoms. The molecule has 4 rings (SSSR count). The first-order chi connectivity index (χ1) is 16.0. The molecule has 1 aromatic carbocycles. The number of halogens is 1. The first-order valence-corrected chi connectivity index (χ1v) is 11.1. The van der Waals surface area contributed by atoms with Crippen LogP contribution in [0.5, 0.6) is 0 Å². The fourth-order valence-electron chi connectivity index (χ4n) is 3.74. The molecule has 0 bridgehead atoms. The summed E-state index contributed by atoms with van der Waals surface area (Å²) < 4.78 is 1.54. The molecule has 3 aromatic rings. The van der Waals surface area contributed by atoms with E-state index in [0.717, 1.165) is 25.7 Å². The van der Waals surface area contributed by atoms with Gasteiger partial charge in [0.2, 0.25) is 5.95 Å². The number of rotatable bonds is 7. The molecule has 0 unspecified atom stereocenters. The first-order valence-electron chi connectivity index (χ1n) is 10.8. The zero-order valence-corrected chi connectivity index (χ0v) is 18.6. The second kappa shape index (κ2) is 10.6. The number of urea groups is 1. The Labute approximate surface area is 196 Å². The molecule has 0 aliphatic heterocycles. The van der Waals surface area contributed by atoms with E-state index in [9.17, 15) is 15.0 Å². The van der Waals surface area contributed by atoms with E-state index in [4.69, 9.17) is 11.6 Å². The van der Waals surface area contributed by atoms with Gasteiger partial charge >= 0.3 is 6.03 Å². The summed E-state index contributed by atoms with van der Waals surface area (Å²) in [5, 5.41) is 32.8. The molecule has 2 aromatic heterocycles. The summed E-state index contributed by atoms with van der Waals surface area (Å²) in [7, 11) is 0. The number of aromatic nitrogens is 4. The number of hydrogen-bond donors (Lipinski definition) is 5. The Morgan fingerprint density at radius 3 is 2.82 bits per heavy atom. The lowest BCUT2D eigenvalue weighted by molar-refractivity contribution is 0.126. The van der Waals surface area contributed by atoms with Crippen LogP contribution >= 0.6 is 11.6 Å². The average molecular weight is 472 g/mol. The Balaban J connectivity index is 1.37. The SMILES string of the molecule is O=C(Nc1cnn(-c2ccnc(N[C@H]3CC[C@H](O)CC3)n2)c1)N[C@H](CO)c1cccc(Cl)c1. The van der Waals surface area contributed by atoms with E-state index in [2.05, 4.69) is 31.0 Å². The Morgan fingerprint density at radius 1 is 1.24 bits per heavy atom. The molecule has 0 saturated heterocycles. The van der Waals surface area contributed by atoms with E-state index in [0.29, 0.717) is 28.0 Å². The number of amides is 2. The molecular formula is C22H26ClN7O3. The summed E-state index contributed by atoms with van der Waals surface area (Å²) in [6.07, 6.45) is 7.82. The van der Waals surface area contributed by atoms with E-state index < -0.39 is 12.1 Å². The van der Waals surface area contributed by atoms with Crippen molar-refractivity contribution in [3.8, 4) is 5.82 Å². The van der Waals surface area contributed by atoms with Gasteiger partial charge in [-0.2, -0.15) is 10.1 Å². The van der Waals surface area contributed by atoms with Gasteiger partial charge in [0.15, 0.2) is 5.82 Å². The molecule has 2 heterocycles. The van der Waals surface area contributed by atoms with Crippen molar-refractivity contribution in [2.45, 2.75) is 43.9 Å². The normalized spacial score (nSPS) is 19.0. The van der Waals surface area contributed by atoms with E-state index in [1.165, 1.54) is 10.9 Å². The third kappa shape index (κ3) is 6.19. The van der Waals surface area contributed by atoms with Gasteiger partial charge in [0.05, 0.1) is 36.8 Å². The molecule has 1 aliphatic carbocycles. The lowest BCUT2D eigenvalue weighted by Gasteiger charge is -2.26. The molecule has 1 saturated carbocycles. The minimum atomic E-state index is -0.602. The van der Waals surface area contributed by atoms with Crippen molar-refractivity contribution in [2.75, 3.05) is 17.2 Å². The summed E-state index contributed by atoms with van der Waals surface area (Å²) >= 11 is 6.00. The summed E-state index contributed by atoms with van der Waals surface area (Å²) in [5.74, 6) is 1.04. The van der Waals surface area contributed by atoms with Gasteiger partial charge in [0.25, 0.3) is 0 Å². The zero-order chi connectivity index (χ0) is 23.2. The molecule has 1 atom stereocenters. The highest BCUT2D eigenvalue weighted by atomic mass is 35.5. The molecule has 11 heteroatoms. The topological polar surface area (TPSA) is 137 Å². The average Bonchev–Trinajstić information content (AvgIpc) is 3.27. The number of aliphatic hydroxyl groups excluding tert-OH is 2. The van der Waals surface area contributed by atoms with Crippen LogP contribution in [0.1, 0.15) is 37.3 Å². The fourth-order valence-corrected chi connectivity index (χ4v) is 3.94. The van der Waals surface area contributed by atoms with Crippen molar-refractivity contribution >= 4 is 29.3 Å². The molecule has 5 N–H and O–H groups in total. The predicted octanol–water partition coefficient (Wildman–Crippen LogP) is 2.89. The maximum absolute atomic E-state index is 12.4. The van der Waals surface area contributed by atoms with Crippen LogP contribution < -0.4 is 16.0 Å². The van der Waals surface area contributed by atoms with Gasteiger partial charge in [0, 0.05) is 23.3 Å². The van der Waals surface area contributed by atoms with Crippen LogP contribution in [-0.4, -0.2) is 54.7 Å². The summed E-state index contributed by atoms with van der Waals surface area (Å²) in [5.41, 5.74) is 1.16. The van der Waals surface area contributed by atoms with Crippen LogP contribution in [0.15, 0.2) is 48.9 Å². The van der Waals surface area contributed by atoms with Gasteiger partial charge in [-0.15, -0.1) is 0 Å². The second-order valence-electron chi connectivity index (χ2n) is 7.95. The molecular weight excluding hydrogens is 446 g/mol. The number of benzene rings is 1. The quantitative estimate of drug-likeness (QED) is 0.357. The van der Waals surface area contributed by atoms with Crippen LogP contribution in [0.2, 0.25) is 5.02 Å². The maximum Gasteiger partial charge on any atom is 0.319 e. The third-order valence-electron chi connectivity index (χ3n) is 5.48. The van der Waals surface area contributed by atoms with Crippen molar-refractivity contribution < 1.29 is 15.0 Å². The van der Waals surface area contributed by atoms with E-state index in [1.54, 1.807) is 42.7 Å². The predicted molar refractivity (Wildman–Crippen MR) is 124 cm³/mol. The smallest absolute Gasteiger partial charge is 0.319 e. The Hall–Kier alpha value is -3.21. The van der Waals surface area contributed by atoms with E-state index in [-0.39, 0.29) is 18.8 Å². The highest BCUT2D eigenvalue weighted by Gasteiger charge is 2.20. The van der Waals surface area contributed by atoms with Crippen LogP contribution in [0.25, 0.3) is 5.82 Å². The van der Waals surface area contributed by atoms with E-state index >= 15 is 0 Å². The van der Waals surface area contributed by atoms with Crippen molar-refractivity contribution in [3.63, 3.8) is 0 Å². The Kier molecular flexibility index (Phi) is 7.38. The number of nitrogens with one attached hydrogen (secondary N) is 3. The zero-order valence-electron chi connectivity index (χ0n) is 17.9. The number of anilines is 2. The minimum absolute atomic E-state index is 0.222. The Bertz CT molecular complexity index is 1090. The van der Waals surface area contributed by atoms with Crippen molar-refractivity contribution in [1.82, 2.24) is 25.1 Å². The van der Waals surface area contributed by atoms with Gasteiger partial charge in [-0.05, 0) is 43.4 Å². The molecule has 1 fully saturated rings. The largest absolute Gasteiger partial charge is 0.394 e. The van der Waals surface area contributed by atoms with E-state index in [1.807, 2.05) is 0 Å².